The van der Waals surface area contributed by atoms with Crippen LogP contribution < -0.4 is 0 Å². The quantitative estimate of drug-likeness (QED) is 0.0426. The summed E-state index contributed by atoms with van der Waals surface area (Å²) in [5.74, 6) is -0.457. The Bertz CT molecular complexity index is 998. The van der Waals surface area contributed by atoms with Gasteiger partial charge in [0.15, 0.2) is 8.32 Å². The van der Waals surface area contributed by atoms with E-state index in [0.29, 0.717) is 26.4 Å². The summed E-state index contributed by atoms with van der Waals surface area (Å²) in [6, 6.07) is 2.39. The van der Waals surface area contributed by atoms with Crippen LogP contribution in [0.25, 0.3) is 0 Å². The van der Waals surface area contributed by atoms with Crippen LogP contribution in [0.2, 0.25) is 25.2 Å². The first-order chi connectivity index (χ1) is 24.7. The largest absolute Gasteiger partial charge is 0.469 e. The molecule has 0 saturated carbocycles. The molecule has 0 radical (unpaired) electrons. The molecule has 13 heteroatoms. The molecule has 0 rings (SSSR count). The minimum absolute atomic E-state index is 0.0716. The van der Waals surface area contributed by atoms with Gasteiger partial charge in [-0.1, -0.05) is 47.5 Å². The predicted octanol–water partition coefficient (Wildman–Crippen LogP) is 8.62. The smallest absolute Gasteiger partial charge is 0.311 e. The fourth-order valence-electron chi connectivity index (χ4n) is 3.41. The molecule has 0 amide bonds. The van der Waals surface area contributed by atoms with Crippen molar-refractivity contribution in [3.63, 3.8) is 0 Å². The first kappa shape index (κ1) is 58.9. The molecule has 0 bridgehead atoms. The molecule has 0 spiro atoms. The zero-order valence-electron chi connectivity index (χ0n) is 38.6. The number of hydrogen-bond donors (Lipinski definition) is 0. The SMILES string of the molecule is CCC(C)(C)C(=O)OC.CCC(C)(C)C(=O)OCCN(C)C.CCC(C)(C)C(=O)OCCOC.CCCC[SiH2]O[Si](C)(C)CCCOC(=O)C(C)(C)CC. The van der Waals surface area contributed by atoms with Crippen LogP contribution in [0, 0.1) is 21.7 Å². The maximum Gasteiger partial charge on any atom is 0.311 e. The van der Waals surface area contributed by atoms with E-state index < -0.39 is 8.32 Å². The zero-order valence-corrected chi connectivity index (χ0v) is 41.1. The van der Waals surface area contributed by atoms with E-state index in [1.54, 1.807) is 7.11 Å². The van der Waals surface area contributed by atoms with Gasteiger partial charge in [0, 0.05) is 13.7 Å². The highest BCUT2D eigenvalue weighted by molar-refractivity contribution is 6.75. The first-order valence-electron chi connectivity index (χ1n) is 20.1. The lowest BCUT2D eigenvalue weighted by atomic mass is 9.91. The molecule has 0 aromatic heterocycles. The van der Waals surface area contributed by atoms with E-state index in [0.717, 1.165) is 44.7 Å². The number of nitrogens with zero attached hydrogens (tertiary/aromatic N) is 1. The van der Waals surface area contributed by atoms with Crippen molar-refractivity contribution in [1.29, 1.82) is 0 Å². The number of ether oxygens (including phenoxy) is 5. The molecule has 0 fully saturated rings. The molecular formula is C41H87NO10Si2. The number of likely N-dealkylation sites (N-methyl/N-ethyl adjacent to an activating group) is 1. The van der Waals surface area contributed by atoms with Crippen molar-refractivity contribution >= 4 is 42.0 Å². The monoisotopic (exact) mass is 810 g/mol. The molecule has 0 aliphatic rings. The molecule has 0 saturated heterocycles. The van der Waals surface area contributed by atoms with Crippen LogP contribution in [0.4, 0.5) is 0 Å². The third-order valence-electron chi connectivity index (χ3n) is 9.62. The highest BCUT2D eigenvalue weighted by Crippen LogP contribution is 2.24. The lowest BCUT2D eigenvalue weighted by molar-refractivity contribution is -0.155. The van der Waals surface area contributed by atoms with Crippen molar-refractivity contribution in [1.82, 2.24) is 4.90 Å². The summed E-state index contributed by atoms with van der Waals surface area (Å²) >= 11 is 0. The van der Waals surface area contributed by atoms with Crippen LogP contribution in [0.5, 0.6) is 0 Å². The Labute approximate surface area is 336 Å². The van der Waals surface area contributed by atoms with Gasteiger partial charge in [-0.25, -0.2) is 0 Å². The van der Waals surface area contributed by atoms with Crippen molar-refractivity contribution in [3.8, 4) is 0 Å². The van der Waals surface area contributed by atoms with Gasteiger partial charge in [-0.3, -0.25) is 19.2 Å². The average Bonchev–Trinajstić information content (AvgIpc) is 3.11. The molecule has 54 heavy (non-hydrogen) atoms. The first-order valence-corrected chi connectivity index (χ1v) is 24.8. The van der Waals surface area contributed by atoms with Crippen molar-refractivity contribution in [2.75, 3.05) is 61.3 Å². The van der Waals surface area contributed by atoms with Crippen LogP contribution in [-0.2, 0) is 47.0 Å². The third kappa shape index (κ3) is 31.4. The second-order valence-electron chi connectivity index (χ2n) is 17.1. The van der Waals surface area contributed by atoms with E-state index in [9.17, 15) is 19.2 Å². The van der Waals surface area contributed by atoms with E-state index in [1.165, 1.54) is 26.0 Å². The maximum absolute atomic E-state index is 11.8. The minimum Gasteiger partial charge on any atom is -0.469 e. The summed E-state index contributed by atoms with van der Waals surface area (Å²) in [6.45, 7) is 32.6. The summed E-state index contributed by atoms with van der Waals surface area (Å²) in [5, 5.41) is 0. The molecule has 0 aromatic carbocycles. The number of carbonyl (C=O) groups excluding carboxylic acids is 4. The second kappa shape index (κ2) is 31.3. The van der Waals surface area contributed by atoms with Crippen LogP contribution >= 0.6 is 0 Å². The third-order valence-corrected chi connectivity index (χ3v) is 15.9. The molecule has 0 N–H and O–H groups in total. The van der Waals surface area contributed by atoms with E-state index in [4.69, 9.17) is 23.1 Å². The molecule has 324 valence electrons. The maximum atomic E-state index is 11.8. The van der Waals surface area contributed by atoms with E-state index in [-0.39, 0.29) is 55.3 Å². The highest BCUT2D eigenvalue weighted by Gasteiger charge is 2.29. The topological polar surface area (TPSA) is 127 Å². The van der Waals surface area contributed by atoms with Gasteiger partial charge in [-0.05, 0) is 127 Å². The van der Waals surface area contributed by atoms with Crippen LogP contribution in [0.1, 0.15) is 135 Å². The van der Waals surface area contributed by atoms with Crippen molar-refractivity contribution in [3.05, 3.63) is 0 Å². The summed E-state index contributed by atoms with van der Waals surface area (Å²) < 4.78 is 31.0. The number of unbranched alkanes of at least 4 members (excludes halogenated alkanes) is 1. The molecule has 11 nitrogen and oxygen atoms in total. The standard InChI is InChI=1S/C15H34O3Si2.C10H21NO2.C9H18O3.C7H14O2/c1-7-9-12-19-18-20(5,6)13-10-11-17-14(16)15(3,4)8-2;1-6-10(2,3)9(12)13-8-7-11(4)5;1-5-9(2,3)8(10)12-7-6-11-4;1-5-7(2,3)6(8)9-4/h7-13,19H2,1-6H3;6-8H2,1-5H3;5-7H2,1-4H3;5H2,1-4H3. The lowest BCUT2D eigenvalue weighted by Crippen LogP contribution is -2.32. The predicted molar refractivity (Wildman–Crippen MR) is 228 cm³/mol. The minimum atomic E-state index is -1.51. The van der Waals surface area contributed by atoms with Gasteiger partial charge in [0.1, 0.15) is 23.0 Å². The van der Waals surface area contributed by atoms with Crippen molar-refractivity contribution in [2.45, 2.75) is 160 Å². The highest BCUT2D eigenvalue weighted by atomic mass is 28.4. The Morgan fingerprint density at radius 2 is 0.963 bits per heavy atom. The Morgan fingerprint density at radius 1 is 0.574 bits per heavy atom. The molecular weight excluding hydrogens is 723 g/mol. The molecule has 0 atom stereocenters. The van der Waals surface area contributed by atoms with Gasteiger partial charge >= 0.3 is 23.9 Å². The van der Waals surface area contributed by atoms with E-state index >= 15 is 0 Å². The lowest BCUT2D eigenvalue weighted by Gasteiger charge is -2.24. The molecule has 0 aromatic rings. The second-order valence-corrected chi connectivity index (χ2v) is 23.4. The summed E-state index contributed by atoms with van der Waals surface area (Å²) in [7, 11) is 5.08. The molecule has 0 aliphatic carbocycles. The van der Waals surface area contributed by atoms with Crippen molar-refractivity contribution < 1.29 is 47.0 Å². The Hall–Kier alpha value is -1.81. The number of carbonyl (C=O) groups is 4. The molecule has 0 aliphatic heterocycles. The van der Waals surface area contributed by atoms with Crippen LogP contribution in [0.15, 0.2) is 0 Å². The summed E-state index contributed by atoms with van der Waals surface area (Å²) in [6.07, 6.45) is 6.75. The van der Waals surface area contributed by atoms with Gasteiger partial charge in [0.05, 0.1) is 42.0 Å². The fourth-order valence-corrected chi connectivity index (χ4v) is 8.48. The van der Waals surface area contributed by atoms with E-state index in [1.807, 2.05) is 102 Å². The average molecular weight is 810 g/mol. The number of hydrogen-bond acceptors (Lipinski definition) is 11. The fraction of sp³-hybridized carbons (Fsp3) is 0.902. The molecule has 0 unspecified atom stereocenters. The van der Waals surface area contributed by atoms with Gasteiger partial charge in [0.2, 0.25) is 0 Å². The zero-order chi connectivity index (χ0) is 43.2. The Balaban J connectivity index is -0.000000323. The molecule has 0 heterocycles. The summed E-state index contributed by atoms with van der Waals surface area (Å²) in [4.78, 5) is 47.4. The van der Waals surface area contributed by atoms with Crippen molar-refractivity contribution in [2.24, 2.45) is 21.7 Å². The summed E-state index contributed by atoms with van der Waals surface area (Å²) in [5.41, 5.74) is -1.37. The number of esters is 4. The van der Waals surface area contributed by atoms with Crippen LogP contribution in [-0.4, -0.2) is 108 Å². The number of methoxy groups -OCH3 is 2. The van der Waals surface area contributed by atoms with Gasteiger partial charge in [0.25, 0.3) is 0 Å². The van der Waals surface area contributed by atoms with Gasteiger partial charge in [-0.2, -0.15) is 0 Å². The van der Waals surface area contributed by atoms with Gasteiger partial charge < -0.3 is 32.7 Å². The Kier molecular flexibility index (Phi) is 34.1. The van der Waals surface area contributed by atoms with E-state index in [2.05, 4.69) is 24.8 Å². The van der Waals surface area contributed by atoms with Gasteiger partial charge in [-0.15, -0.1) is 0 Å². The number of rotatable bonds is 23. The Morgan fingerprint density at radius 3 is 1.30 bits per heavy atom. The van der Waals surface area contributed by atoms with Crippen LogP contribution in [0.3, 0.4) is 0 Å². The normalized spacial score (nSPS) is 12.1.